The van der Waals surface area contributed by atoms with Crippen molar-refractivity contribution in [1.29, 1.82) is 0 Å². The molecule has 3 aromatic rings. The van der Waals surface area contributed by atoms with Crippen molar-refractivity contribution in [3.8, 4) is 5.75 Å². The van der Waals surface area contributed by atoms with Crippen molar-refractivity contribution in [2.24, 2.45) is 0 Å². The standard InChI is InChI=1S/C25H28N4O3/c1-15-8-9-18-19-14-21-24(31)28(11-5-10-27(2)3)25(32)29(21)23(22(19)26-20(18)12-15)16-6-4-7-17(30)13-16/h4,6-9,12-13,21,23,26,30H,5,10-11,14H2,1-3H3. The van der Waals surface area contributed by atoms with Crippen molar-refractivity contribution in [1.82, 2.24) is 19.7 Å². The lowest BCUT2D eigenvalue weighted by Gasteiger charge is -2.36. The molecule has 2 unspecified atom stereocenters. The van der Waals surface area contributed by atoms with Gasteiger partial charge in [0.1, 0.15) is 17.8 Å². The SMILES string of the molecule is Cc1ccc2c3c([nH]c2c1)C(c1cccc(O)c1)N1C(=O)N(CCCN(C)C)C(=O)C1C3. The Balaban J connectivity index is 1.61. The molecule has 1 fully saturated rings. The Hall–Kier alpha value is -3.32. The van der Waals surface area contributed by atoms with Crippen molar-refractivity contribution in [2.45, 2.75) is 31.8 Å². The molecule has 2 aliphatic rings. The Labute approximate surface area is 187 Å². The Morgan fingerprint density at radius 2 is 1.97 bits per heavy atom. The number of phenols is 1. The molecule has 2 N–H and O–H groups in total. The highest BCUT2D eigenvalue weighted by Crippen LogP contribution is 2.44. The van der Waals surface area contributed by atoms with Gasteiger partial charge in [0.25, 0.3) is 5.91 Å². The van der Waals surface area contributed by atoms with Crippen molar-refractivity contribution < 1.29 is 14.7 Å². The number of H-pyrrole nitrogens is 1. The molecule has 2 aliphatic heterocycles. The van der Waals surface area contributed by atoms with Crippen LogP contribution in [0.2, 0.25) is 0 Å². The van der Waals surface area contributed by atoms with Gasteiger partial charge in [0.05, 0.1) is 0 Å². The van der Waals surface area contributed by atoms with Crippen LogP contribution >= 0.6 is 0 Å². The number of aromatic amines is 1. The number of nitrogens with one attached hydrogen (secondary N) is 1. The summed E-state index contributed by atoms with van der Waals surface area (Å²) in [6, 6.07) is 12.0. The highest BCUT2D eigenvalue weighted by atomic mass is 16.3. The summed E-state index contributed by atoms with van der Waals surface area (Å²) in [4.78, 5) is 35.6. The highest BCUT2D eigenvalue weighted by molar-refractivity contribution is 6.05. The summed E-state index contributed by atoms with van der Waals surface area (Å²) in [7, 11) is 3.96. The maximum Gasteiger partial charge on any atom is 0.328 e. The summed E-state index contributed by atoms with van der Waals surface area (Å²) in [5.74, 6) is 0.00459. The largest absolute Gasteiger partial charge is 0.508 e. The Morgan fingerprint density at radius 1 is 1.16 bits per heavy atom. The van der Waals surface area contributed by atoms with E-state index in [0.29, 0.717) is 13.0 Å². The average Bonchev–Trinajstić information content (AvgIpc) is 3.21. The van der Waals surface area contributed by atoms with Gasteiger partial charge in [-0.1, -0.05) is 24.3 Å². The third-order valence-electron chi connectivity index (χ3n) is 6.56. The molecule has 1 aromatic heterocycles. The molecule has 0 bridgehead atoms. The Bertz CT molecular complexity index is 1220. The number of urea groups is 1. The molecule has 5 rings (SSSR count). The van der Waals surface area contributed by atoms with Gasteiger partial charge in [0.2, 0.25) is 0 Å². The molecular formula is C25H28N4O3. The van der Waals surface area contributed by atoms with Crippen LogP contribution in [0.1, 0.15) is 34.8 Å². The lowest BCUT2D eigenvalue weighted by molar-refractivity contribution is -0.128. The third-order valence-corrected chi connectivity index (χ3v) is 6.56. The number of rotatable bonds is 5. The minimum atomic E-state index is -0.540. The lowest BCUT2D eigenvalue weighted by Crippen LogP contribution is -2.44. The van der Waals surface area contributed by atoms with E-state index in [1.165, 1.54) is 4.90 Å². The molecule has 3 heterocycles. The second-order valence-electron chi connectivity index (χ2n) is 9.12. The normalized spacial score (nSPS) is 20.4. The number of aryl methyl sites for hydroxylation is 1. The zero-order chi connectivity index (χ0) is 22.6. The number of carbonyl (C=O) groups excluding carboxylic acids is 2. The van der Waals surface area contributed by atoms with Gasteiger partial charge in [-0.2, -0.15) is 0 Å². The molecule has 0 aliphatic carbocycles. The monoisotopic (exact) mass is 432 g/mol. The maximum atomic E-state index is 13.5. The third kappa shape index (κ3) is 3.24. The number of phenolic OH excluding ortho intramolecular Hbond substituents is 1. The van der Waals surface area contributed by atoms with Gasteiger partial charge in [0, 0.05) is 29.6 Å². The number of hydrogen-bond acceptors (Lipinski definition) is 4. The first-order valence-electron chi connectivity index (χ1n) is 11.0. The summed E-state index contributed by atoms with van der Waals surface area (Å²) in [5.41, 5.74) is 4.93. The second-order valence-corrected chi connectivity index (χ2v) is 9.12. The summed E-state index contributed by atoms with van der Waals surface area (Å²) in [6.45, 7) is 3.26. The van der Waals surface area contributed by atoms with E-state index in [-0.39, 0.29) is 17.7 Å². The number of aromatic nitrogens is 1. The molecule has 32 heavy (non-hydrogen) atoms. The first-order chi connectivity index (χ1) is 15.3. The molecule has 7 nitrogen and oxygen atoms in total. The van der Waals surface area contributed by atoms with Crippen LogP contribution in [0.4, 0.5) is 4.79 Å². The van der Waals surface area contributed by atoms with E-state index < -0.39 is 12.1 Å². The number of imide groups is 1. The molecule has 2 atom stereocenters. The molecule has 2 aromatic carbocycles. The van der Waals surface area contributed by atoms with E-state index in [4.69, 9.17) is 0 Å². The van der Waals surface area contributed by atoms with Gasteiger partial charge in [-0.3, -0.25) is 14.6 Å². The van der Waals surface area contributed by atoms with E-state index in [2.05, 4.69) is 23.2 Å². The number of amides is 3. The van der Waals surface area contributed by atoms with E-state index in [1.807, 2.05) is 32.0 Å². The van der Waals surface area contributed by atoms with Crippen molar-refractivity contribution in [2.75, 3.05) is 27.2 Å². The first-order valence-corrected chi connectivity index (χ1v) is 11.0. The Kier molecular flexibility index (Phi) is 4.93. The number of benzene rings is 2. The fourth-order valence-electron chi connectivity index (χ4n) is 5.09. The van der Waals surface area contributed by atoms with E-state index >= 15 is 0 Å². The van der Waals surface area contributed by atoms with E-state index in [0.717, 1.165) is 46.3 Å². The van der Waals surface area contributed by atoms with Gasteiger partial charge >= 0.3 is 6.03 Å². The molecule has 7 heteroatoms. The molecule has 3 amide bonds. The van der Waals surface area contributed by atoms with E-state index in [9.17, 15) is 14.7 Å². The van der Waals surface area contributed by atoms with Crippen LogP contribution in [0.3, 0.4) is 0 Å². The van der Waals surface area contributed by atoms with Gasteiger partial charge in [-0.05, 0) is 68.9 Å². The number of nitrogens with zero attached hydrogens (tertiary/aromatic N) is 3. The van der Waals surface area contributed by atoms with Crippen LogP contribution < -0.4 is 0 Å². The van der Waals surface area contributed by atoms with Crippen LogP contribution in [0.5, 0.6) is 5.75 Å². The van der Waals surface area contributed by atoms with Gasteiger partial charge in [0.15, 0.2) is 0 Å². The highest BCUT2D eigenvalue weighted by Gasteiger charge is 2.52. The van der Waals surface area contributed by atoms with Crippen molar-refractivity contribution >= 4 is 22.8 Å². The lowest BCUT2D eigenvalue weighted by atomic mass is 9.88. The minimum absolute atomic E-state index is 0.133. The van der Waals surface area contributed by atoms with Crippen LogP contribution in [-0.2, 0) is 11.2 Å². The number of carbonyl (C=O) groups is 2. The predicted molar refractivity (Wildman–Crippen MR) is 123 cm³/mol. The van der Waals surface area contributed by atoms with Crippen LogP contribution in [0.15, 0.2) is 42.5 Å². The summed E-state index contributed by atoms with van der Waals surface area (Å²) >= 11 is 0. The molecule has 166 valence electrons. The van der Waals surface area contributed by atoms with Gasteiger partial charge < -0.3 is 15.0 Å². The summed E-state index contributed by atoms with van der Waals surface area (Å²) in [6.07, 6.45) is 1.22. The number of hydrogen-bond donors (Lipinski definition) is 2. The van der Waals surface area contributed by atoms with Crippen molar-refractivity contribution in [3.05, 3.63) is 64.8 Å². The molecule has 1 saturated heterocycles. The smallest absolute Gasteiger partial charge is 0.328 e. The van der Waals surface area contributed by atoms with Gasteiger partial charge in [-0.15, -0.1) is 0 Å². The summed E-state index contributed by atoms with van der Waals surface area (Å²) < 4.78 is 0. The number of aromatic hydroxyl groups is 1. The fraction of sp³-hybridized carbons (Fsp3) is 0.360. The Morgan fingerprint density at radius 3 is 2.72 bits per heavy atom. The second kappa shape index (κ2) is 7.67. The van der Waals surface area contributed by atoms with Crippen LogP contribution in [0.25, 0.3) is 10.9 Å². The molecule has 0 saturated carbocycles. The molecular weight excluding hydrogens is 404 g/mol. The predicted octanol–water partition coefficient (Wildman–Crippen LogP) is 3.41. The maximum absolute atomic E-state index is 13.5. The van der Waals surface area contributed by atoms with Crippen LogP contribution in [-0.4, -0.2) is 70.0 Å². The average molecular weight is 433 g/mol. The number of fused-ring (bicyclic) bond motifs is 4. The zero-order valence-electron chi connectivity index (χ0n) is 18.6. The zero-order valence-corrected chi connectivity index (χ0v) is 18.6. The topological polar surface area (TPSA) is 79.9 Å². The quantitative estimate of drug-likeness (QED) is 0.606. The minimum Gasteiger partial charge on any atom is -0.508 e. The van der Waals surface area contributed by atoms with Crippen molar-refractivity contribution in [3.63, 3.8) is 0 Å². The fourth-order valence-corrected chi connectivity index (χ4v) is 5.09. The first kappa shape index (κ1) is 20.6. The summed E-state index contributed by atoms with van der Waals surface area (Å²) in [5, 5.41) is 11.2. The van der Waals surface area contributed by atoms with E-state index in [1.54, 1.807) is 23.1 Å². The van der Waals surface area contributed by atoms with Gasteiger partial charge in [-0.25, -0.2) is 4.79 Å². The van der Waals surface area contributed by atoms with Crippen LogP contribution in [0, 0.1) is 6.92 Å². The molecule has 0 spiro atoms. The molecule has 0 radical (unpaired) electrons.